The number of allylic oxidation sites excluding steroid dienone is 3. The van der Waals surface area contributed by atoms with Crippen LogP contribution in [0.4, 0.5) is 0 Å². The highest BCUT2D eigenvalue weighted by molar-refractivity contribution is 8.07. The van der Waals surface area contributed by atoms with Crippen molar-refractivity contribution < 1.29 is 0 Å². The number of thiophene rings is 1. The van der Waals surface area contributed by atoms with Crippen molar-refractivity contribution >= 4 is 29.2 Å². The molecule has 0 saturated heterocycles. The molecule has 1 unspecified atom stereocenters. The van der Waals surface area contributed by atoms with E-state index in [0.29, 0.717) is 5.41 Å². The minimum atomic E-state index is 0.298. The van der Waals surface area contributed by atoms with Gasteiger partial charge in [-0.1, -0.05) is 24.8 Å². The summed E-state index contributed by atoms with van der Waals surface area (Å²) in [6.07, 6.45) is 5.98. The third kappa shape index (κ3) is 1.14. The minimum Gasteiger partial charge on any atom is -0.148 e. The highest BCUT2D eigenvalue weighted by Crippen LogP contribution is 2.54. The smallest absolute Gasteiger partial charge is 0.0226 e. The summed E-state index contributed by atoms with van der Waals surface area (Å²) in [5, 5.41) is 2.20. The van der Waals surface area contributed by atoms with Crippen molar-refractivity contribution in [2.45, 2.75) is 20.3 Å². The zero-order valence-corrected chi connectivity index (χ0v) is 9.97. The average molecular weight is 220 g/mol. The molecule has 3 rings (SSSR count). The van der Waals surface area contributed by atoms with E-state index in [1.807, 2.05) is 23.1 Å². The molecule has 1 aliphatic heterocycles. The SMILES string of the molecule is CC1=CC2(C)Cc3sccc3C=C2S1. The molecule has 1 aromatic rings. The minimum absolute atomic E-state index is 0.298. The Morgan fingerprint density at radius 1 is 1.43 bits per heavy atom. The van der Waals surface area contributed by atoms with Gasteiger partial charge in [0.15, 0.2) is 0 Å². The third-order valence-corrected chi connectivity index (χ3v) is 5.13. The van der Waals surface area contributed by atoms with Crippen molar-refractivity contribution in [1.29, 1.82) is 0 Å². The van der Waals surface area contributed by atoms with Crippen molar-refractivity contribution in [3.63, 3.8) is 0 Å². The van der Waals surface area contributed by atoms with Crippen LogP contribution < -0.4 is 0 Å². The molecule has 0 radical (unpaired) electrons. The molecular weight excluding hydrogens is 208 g/mol. The summed E-state index contributed by atoms with van der Waals surface area (Å²) in [6.45, 7) is 4.56. The molecule has 0 spiro atoms. The standard InChI is InChI=1S/C12H12S2/c1-8-6-12(2)7-10-9(3-4-13-10)5-11(12)14-8/h3-6H,7H2,1-2H3. The Morgan fingerprint density at radius 3 is 3.14 bits per heavy atom. The summed E-state index contributed by atoms with van der Waals surface area (Å²) in [7, 11) is 0. The van der Waals surface area contributed by atoms with E-state index >= 15 is 0 Å². The summed E-state index contributed by atoms with van der Waals surface area (Å²) >= 11 is 3.83. The highest BCUT2D eigenvalue weighted by Gasteiger charge is 2.36. The fourth-order valence-electron chi connectivity index (χ4n) is 2.27. The molecule has 2 aliphatic rings. The van der Waals surface area contributed by atoms with E-state index < -0.39 is 0 Å². The summed E-state index contributed by atoms with van der Waals surface area (Å²) in [5.74, 6) is 0. The van der Waals surface area contributed by atoms with E-state index in [0.717, 1.165) is 0 Å². The van der Waals surface area contributed by atoms with Gasteiger partial charge in [0.25, 0.3) is 0 Å². The Kier molecular flexibility index (Phi) is 1.74. The molecule has 14 heavy (non-hydrogen) atoms. The number of fused-ring (bicyclic) bond motifs is 2. The van der Waals surface area contributed by atoms with E-state index in [9.17, 15) is 0 Å². The Balaban J connectivity index is 2.15. The van der Waals surface area contributed by atoms with Crippen molar-refractivity contribution in [3.8, 4) is 0 Å². The van der Waals surface area contributed by atoms with Crippen molar-refractivity contribution in [3.05, 3.63) is 37.8 Å². The van der Waals surface area contributed by atoms with Crippen molar-refractivity contribution in [2.75, 3.05) is 0 Å². The Bertz CT molecular complexity index is 451. The van der Waals surface area contributed by atoms with Gasteiger partial charge in [-0.05, 0) is 41.3 Å². The molecule has 2 heteroatoms. The maximum atomic E-state index is 2.42. The van der Waals surface area contributed by atoms with Crippen LogP contribution in [0.5, 0.6) is 0 Å². The van der Waals surface area contributed by atoms with Crippen LogP contribution in [0, 0.1) is 5.41 Å². The predicted molar refractivity (Wildman–Crippen MR) is 65.5 cm³/mol. The molecule has 0 fully saturated rings. The van der Waals surface area contributed by atoms with E-state index in [4.69, 9.17) is 0 Å². The van der Waals surface area contributed by atoms with E-state index in [-0.39, 0.29) is 0 Å². The van der Waals surface area contributed by atoms with E-state index in [1.165, 1.54) is 21.8 Å². The summed E-state index contributed by atoms with van der Waals surface area (Å²) in [4.78, 5) is 4.53. The van der Waals surface area contributed by atoms with E-state index in [1.54, 1.807) is 4.88 Å². The van der Waals surface area contributed by atoms with Gasteiger partial charge in [0, 0.05) is 15.2 Å². The molecule has 2 heterocycles. The number of rotatable bonds is 0. The first-order valence-electron chi connectivity index (χ1n) is 4.83. The van der Waals surface area contributed by atoms with Crippen molar-refractivity contribution in [2.24, 2.45) is 5.41 Å². The zero-order valence-electron chi connectivity index (χ0n) is 8.33. The van der Waals surface area contributed by atoms with Gasteiger partial charge in [0.1, 0.15) is 0 Å². The maximum Gasteiger partial charge on any atom is 0.0226 e. The maximum absolute atomic E-state index is 2.42. The van der Waals surface area contributed by atoms with Crippen LogP contribution in [0.1, 0.15) is 24.3 Å². The monoisotopic (exact) mass is 220 g/mol. The molecule has 0 bridgehead atoms. The fraction of sp³-hybridized carbons (Fsp3) is 0.333. The van der Waals surface area contributed by atoms with E-state index in [2.05, 4.69) is 37.4 Å². The Hall–Kier alpha value is -0.470. The molecule has 1 aliphatic carbocycles. The van der Waals surface area contributed by atoms with Crippen LogP contribution in [0.3, 0.4) is 0 Å². The van der Waals surface area contributed by atoms with Gasteiger partial charge in [-0.15, -0.1) is 11.3 Å². The third-order valence-electron chi connectivity index (χ3n) is 2.95. The molecular formula is C12H12S2. The highest BCUT2D eigenvalue weighted by atomic mass is 32.2. The second-order valence-electron chi connectivity index (χ2n) is 4.26. The van der Waals surface area contributed by atoms with Gasteiger partial charge < -0.3 is 0 Å². The lowest BCUT2D eigenvalue weighted by atomic mass is 9.81. The normalized spacial score (nSPS) is 29.3. The molecule has 0 amide bonds. The largest absolute Gasteiger partial charge is 0.148 e. The predicted octanol–water partition coefficient (Wildman–Crippen LogP) is 4.30. The first kappa shape index (κ1) is 8.81. The van der Waals surface area contributed by atoms with Gasteiger partial charge in [-0.25, -0.2) is 0 Å². The molecule has 0 N–H and O–H groups in total. The van der Waals surface area contributed by atoms with Crippen molar-refractivity contribution in [1.82, 2.24) is 0 Å². The van der Waals surface area contributed by atoms with Gasteiger partial charge in [0.05, 0.1) is 0 Å². The van der Waals surface area contributed by atoms with Gasteiger partial charge >= 0.3 is 0 Å². The number of hydrogen-bond acceptors (Lipinski definition) is 2. The van der Waals surface area contributed by atoms with Gasteiger partial charge in [0.2, 0.25) is 0 Å². The Labute approximate surface area is 92.7 Å². The quantitative estimate of drug-likeness (QED) is 0.628. The first-order chi connectivity index (χ1) is 6.67. The summed E-state index contributed by atoms with van der Waals surface area (Å²) in [5.41, 5.74) is 1.74. The average Bonchev–Trinajstić information content (AvgIpc) is 2.60. The molecule has 0 aromatic carbocycles. The number of hydrogen-bond donors (Lipinski definition) is 0. The number of thioether (sulfide) groups is 1. The van der Waals surface area contributed by atoms with Gasteiger partial charge in [-0.3, -0.25) is 0 Å². The van der Waals surface area contributed by atoms with Crippen LogP contribution in [0.25, 0.3) is 6.08 Å². The second kappa shape index (κ2) is 2.77. The first-order valence-corrected chi connectivity index (χ1v) is 6.53. The van der Waals surface area contributed by atoms with Gasteiger partial charge in [-0.2, -0.15) is 0 Å². The lowest BCUT2D eigenvalue weighted by Gasteiger charge is -2.27. The van der Waals surface area contributed by atoms with Crippen LogP contribution in [0.15, 0.2) is 27.3 Å². The fourth-order valence-corrected chi connectivity index (χ4v) is 4.51. The molecule has 0 nitrogen and oxygen atoms in total. The van der Waals surface area contributed by atoms with Crippen LogP contribution in [-0.4, -0.2) is 0 Å². The molecule has 0 saturated carbocycles. The Morgan fingerprint density at radius 2 is 2.29 bits per heavy atom. The van der Waals surface area contributed by atoms with Crippen LogP contribution in [0.2, 0.25) is 0 Å². The zero-order chi connectivity index (χ0) is 9.76. The lowest BCUT2D eigenvalue weighted by molar-refractivity contribution is 0.545. The van der Waals surface area contributed by atoms with Crippen LogP contribution in [-0.2, 0) is 6.42 Å². The second-order valence-corrected chi connectivity index (χ2v) is 6.55. The summed E-state index contributed by atoms with van der Waals surface area (Å²) < 4.78 is 0. The molecule has 1 aromatic heterocycles. The summed E-state index contributed by atoms with van der Waals surface area (Å²) in [6, 6.07) is 2.24. The topological polar surface area (TPSA) is 0 Å². The van der Waals surface area contributed by atoms with Crippen LogP contribution >= 0.6 is 23.1 Å². The lowest BCUT2D eigenvalue weighted by Crippen LogP contribution is -2.18. The molecule has 1 atom stereocenters. The molecule has 72 valence electrons.